The van der Waals surface area contributed by atoms with Gasteiger partial charge in [-0.25, -0.2) is 8.42 Å². The summed E-state index contributed by atoms with van der Waals surface area (Å²) in [6.07, 6.45) is 0. The van der Waals surface area contributed by atoms with E-state index >= 15 is 0 Å². The quantitative estimate of drug-likeness (QED) is 0.427. The van der Waals surface area contributed by atoms with Crippen molar-refractivity contribution in [2.75, 3.05) is 44.6 Å². The Labute approximate surface area is 209 Å². The molecule has 0 fully saturated rings. The van der Waals surface area contributed by atoms with Crippen molar-refractivity contribution < 1.29 is 32.2 Å². The lowest BCUT2D eigenvalue weighted by molar-refractivity contribution is -0.114. The summed E-state index contributed by atoms with van der Waals surface area (Å²) in [5.41, 5.74) is 0.577. The van der Waals surface area contributed by atoms with Crippen LogP contribution >= 0.6 is 11.6 Å². The van der Waals surface area contributed by atoms with Gasteiger partial charge >= 0.3 is 0 Å². The largest absolute Gasteiger partial charge is 0.495 e. The predicted molar refractivity (Wildman–Crippen MR) is 134 cm³/mol. The molecule has 0 aliphatic rings. The number of benzene rings is 3. The number of rotatable bonds is 10. The Hall–Kier alpha value is -3.63. The van der Waals surface area contributed by atoms with Crippen LogP contribution in [0.15, 0.2) is 65.6 Å². The van der Waals surface area contributed by atoms with Gasteiger partial charge in [0.15, 0.2) is 11.5 Å². The number of sulfonamides is 1. The van der Waals surface area contributed by atoms with Gasteiger partial charge in [-0.05, 0) is 24.3 Å². The highest BCUT2D eigenvalue weighted by Crippen LogP contribution is 2.36. The fourth-order valence-corrected chi connectivity index (χ4v) is 4.96. The molecule has 0 unspecified atom stereocenters. The maximum absolute atomic E-state index is 13.6. The van der Waals surface area contributed by atoms with Gasteiger partial charge in [-0.1, -0.05) is 29.8 Å². The first-order chi connectivity index (χ1) is 16.7. The van der Waals surface area contributed by atoms with Gasteiger partial charge < -0.3 is 24.3 Å². The number of halogens is 1. The number of anilines is 2. The van der Waals surface area contributed by atoms with Gasteiger partial charge in [0.25, 0.3) is 10.0 Å². The lowest BCUT2D eigenvalue weighted by Gasteiger charge is -2.24. The van der Waals surface area contributed by atoms with Crippen LogP contribution in [0.1, 0.15) is 0 Å². The first-order valence-electron chi connectivity index (χ1n) is 10.3. The summed E-state index contributed by atoms with van der Waals surface area (Å²) >= 11 is 6.13. The van der Waals surface area contributed by atoms with E-state index < -0.39 is 22.5 Å². The number of ether oxygens (including phenoxy) is 4. The highest BCUT2D eigenvalue weighted by molar-refractivity contribution is 7.92. The minimum Gasteiger partial charge on any atom is -0.495 e. The third kappa shape index (κ3) is 5.72. The minimum atomic E-state index is -4.17. The lowest BCUT2D eigenvalue weighted by Crippen LogP contribution is -2.38. The smallest absolute Gasteiger partial charge is 0.264 e. The number of carbonyl (C=O) groups excluding carboxylic acids is 1. The summed E-state index contributed by atoms with van der Waals surface area (Å²) in [4.78, 5) is 13.0. The number of amides is 1. The SMILES string of the molecule is COc1cc(NC(=O)CN(c2ccccc2)S(=O)(=O)c2ccc(OC)c(OC)c2)c(OC)cc1Cl. The van der Waals surface area contributed by atoms with Crippen molar-refractivity contribution in [2.24, 2.45) is 0 Å². The van der Waals surface area contributed by atoms with Crippen molar-refractivity contribution >= 4 is 38.9 Å². The molecule has 35 heavy (non-hydrogen) atoms. The first kappa shape index (κ1) is 26.0. The van der Waals surface area contributed by atoms with E-state index in [9.17, 15) is 13.2 Å². The number of nitrogens with zero attached hydrogens (tertiary/aromatic N) is 1. The van der Waals surface area contributed by atoms with Crippen molar-refractivity contribution in [3.05, 3.63) is 65.7 Å². The second-order valence-electron chi connectivity index (χ2n) is 7.10. The van der Waals surface area contributed by atoms with Crippen LogP contribution in [0.5, 0.6) is 23.0 Å². The van der Waals surface area contributed by atoms with Crippen molar-refractivity contribution in [2.45, 2.75) is 4.90 Å². The van der Waals surface area contributed by atoms with E-state index in [0.717, 1.165) is 4.31 Å². The third-order valence-electron chi connectivity index (χ3n) is 5.02. The average molecular weight is 521 g/mol. The Morgan fingerprint density at radius 3 is 2.06 bits per heavy atom. The van der Waals surface area contributed by atoms with Crippen LogP contribution in [0.25, 0.3) is 0 Å². The van der Waals surface area contributed by atoms with E-state index in [2.05, 4.69) is 5.32 Å². The monoisotopic (exact) mass is 520 g/mol. The molecule has 1 N–H and O–H groups in total. The van der Waals surface area contributed by atoms with Crippen LogP contribution in [0.4, 0.5) is 11.4 Å². The zero-order valence-electron chi connectivity index (χ0n) is 19.6. The summed E-state index contributed by atoms with van der Waals surface area (Å²) in [6, 6.07) is 15.5. The van der Waals surface area contributed by atoms with Crippen LogP contribution < -0.4 is 28.6 Å². The van der Waals surface area contributed by atoms with E-state index in [1.807, 2.05) is 0 Å². The molecule has 11 heteroatoms. The number of methoxy groups -OCH3 is 4. The Balaban J connectivity index is 1.98. The van der Waals surface area contributed by atoms with Gasteiger partial charge in [-0.2, -0.15) is 0 Å². The van der Waals surface area contributed by atoms with E-state index in [4.69, 9.17) is 30.5 Å². The van der Waals surface area contributed by atoms with Crippen LogP contribution in [0.3, 0.4) is 0 Å². The molecular formula is C24H25ClN2O7S. The number of para-hydroxylation sites is 1. The molecule has 0 atom stereocenters. The van der Waals surface area contributed by atoms with E-state index in [1.54, 1.807) is 30.3 Å². The highest BCUT2D eigenvalue weighted by atomic mass is 35.5. The van der Waals surface area contributed by atoms with Gasteiger partial charge in [-0.15, -0.1) is 0 Å². The van der Waals surface area contributed by atoms with Crippen molar-refractivity contribution in [3.63, 3.8) is 0 Å². The maximum atomic E-state index is 13.6. The molecule has 0 aliphatic carbocycles. The zero-order valence-corrected chi connectivity index (χ0v) is 21.1. The molecule has 1 amide bonds. The second kappa shape index (κ2) is 11.2. The molecule has 3 aromatic rings. The normalized spacial score (nSPS) is 10.9. The first-order valence-corrected chi connectivity index (χ1v) is 12.1. The van der Waals surface area contributed by atoms with Gasteiger partial charge in [-0.3, -0.25) is 9.10 Å². The van der Waals surface area contributed by atoms with E-state index in [-0.39, 0.29) is 22.1 Å². The molecule has 0 aliphatic heterocycles. The molecule has 0 aromatic heterocycles. The molecule has 0 heterocycles. The van der Waals surface area contributed by atoms with Crippen LogP contribution in [0, 0.1) is 0 Å². The summed E-state index contributed by atoms with van der Waals surface area (Å²) in [6.45, 7) is -0.519. The Morgan fingerprint density at radius 2 is 1.46 bits per heavy atom. The summed E-state index contributed by atoms with van der Waals surface area (Å²) in [5, 5.41) is 2.97. The van der Waals surface area contributed by atoms with E-state index in [0.29, 0.717) is 22.2 Å². The zero-order chi connectivity index (χ0) is 25.6. The Bertz CT molecular complexity index is 1300. The minimum absolute atomic E-state index is 0.0717. The van der Waals surface area contributed by atoms with Gasteiger partial charge in [0.2, 0.25) is 5.91 Å². The number of hydrogen-bond acceptors (Lipinski definition) is 7. The van der Waals surface area contributed by atoms with E-state index in [1.165, 1.54) is 58.8 Å². The molecule has 9 nitrogen and oxygen atoms in total. The average Bonchev–Trinajstić information content (AvgIpc) is 2.87. The van der Waals surface area contributed by atoms with Crippen molar-refractivity contribution in [1.82, 2.24) is 0 Å². The maximum Gasteiger partial charge on any atom is 0.264 e. The second-order valence-corrected chi connectivity index (χ2v) is 9.37. The van der Waals surface area contributed by atoms with Crippen molar-refractivity contribution in [1.29, 1.82) is 0 Å². The molecule has 0 saturated carbocycles. The molecule has 186 valence electrons. The summed E-state index contributed by atoms with van der Waals surface area (Å²) in [7, 11) is 1.54. The number of nitrogens with one attached hydrogen (secondary N) is 1. The summed E-state index contributed by atoms with van der Waals surface area (Å²) < 4.78 is 49.2. The molecule has 0 spiro atoms. The van der Waals surface area contributed by atoms with Gasteiger partial charge in [0.1, 0.15) is 18.0 Å². The Kier molecular flexibility index (Phi) is 8.31. The molecule has 3 rings (SSSR count). The van der Waals surface area contributed by atoms with Crippen molar-refractivity contribution in [3.8, 4) is 23.0 Å². The van der Waals surface area contributed by atoms with Gasteiger partial charge in [0.05, 0.1) is 49.7 Å². The third-order valence-corrected chi connectivity index (χ3v) is 7.09. The topological polar surface area (TPSA) is 103 Å². The lowest BCUT2D eigenvalue weighted by atomic mass is 10.2. The molecule has 3 aromatic carbocycles. The molecule has 0 bridgehead atoms. The predicted octanol–water partition coefficient (Wildman–Crippen LogP) is 4.21. The molecular weight excluding hydrogens is 496 g/mol. The van der Waals surface area contributed by atoms with Crippen LogP contribution in [-0.2, 0) is 14.8 Å². The van der Waals surface area contributed by atoms with Crippen LogP contribution in [0.2, 0.25) is 5.02 Å². The Morgan fingerprint density at radius 1 is 0.829 bits per heavy atom. The fourth-order valence-electron chi connectivity index (χ4n) is 3.29. The number of hydrogen-bond donors (Lipinski definition) is 1. The molecule has 0 saturated heterocycles. The van der Waals surface area contributed by atoms with Crippen LogP contribution in [-0.4, -0.2) is 49.3 Å². The van der Waals surface area contributed by atoms with Gasteiger partial charge in [0, 0.05) is 18.2 Å². The highest BCUT2D eigenvalue weighted by Gasteiger charge is 2.28. The molecule has 0 radical (unpaired) electrons. The standard InChI is InChI=1S/C24H25ClN2O7S/c1-31-20-11-10-17(12-23(20)34-4)35(29,30)27(16-8-6-5-7-9-16)15-24(28)26-19-14-21(32-2)18(25)13-22(19)33-3/h5-14H,15H2,1-4H3,(H,26,28). The fraction of sp³-hybridized carbons (Fsp3) is 0.208. The summed E-state index contributed by atoms with van der Waals surface area (Å²) in [5.74, 6) is 0.614. The number of carbonyl (C=O) groups is 1.